The Morgan fingerprint density at radius 2 is 1.42 bits per heavy atom. The van der Waals surface area contributed by atoms with Crippen LogP contribution in [0.1, 0.15) is 11.3 Å². The highest BCUT2D eigenvalue weighted by atomic mass is 14.7. The normalized spacial score (nSPS) is 11.6. The molecule has 2 nitrogen and oxygen atoms in total. The fraction of sp³-hybridized carbons (Fsp3) is 0.0323. The van der Waals surface area contributed by atoms with E-state index in [1.807, 2.05) is 54.6 Å². The molecule has 0 saturated carbocycles. The highest BCUT2D eigenvalue weighted by Crippen LogP contribution is 2.31. The van der Waals surface area contributed by atoms with Crippen molar-refractivity contribution in [1.82, 2.24) is 4.98 Å². The largest absolute Gasteiger partial charge is 0.299 e. The van der Waals surface area contributed by atoms with Gasteiger partial charge in [-0.1, -0.05) is 91.5 Å². The van der Waals surface area contributed by atoms with Gasteiger partial charge >= 0.3 is 0 Å². The van der Waals surface area contributed by atoms with E-state index in [0.717, 1.165) is 38.4 Å². The van der Waals surface area contributed by atoms with Gasteiger partial charge in [0.1, 0.15) is 0 Å². The van der Waals surface area contributed by atoms with Crippen LogP contribution in [0.2, 0.25) is 0 Å². The molecule has 0 saturated heterocycles. The number of aromatic nitrogens is 1. The van der Waals surface area contributed by atoms with Crippen molar-refractivity contribution in [1.29, 1.82) is 5.41 Å². The van der Waals surface area contributed by atoms with E-state index in [1.54, 1.807) is 0 Å². The summed E-state index contributed by atoms with van der Waals surface area (Å²) in [5.41, 5.74) is 6.27. The van der Waals surface area contributed by atoms with Crippen LogP contribution in [0.5, 0.6) is 0 Å². The second-order valence-electron chi connectivity index (χ2n) is 8.26. The summed E-state index contributed by atoms with van der Waals surface area (Å²) in [7, 11) is 0. The van der Waals surface area contributed by atoms with Crippen LogP contribution >= 0.6 is 0 Å². The number of nitrogens with zero attached hydrogens (tertiary/aromatic N) is 1. The first-order valence-corrected chi connectivity index (χ1v) is 11.0. The van der Waals surface area contributed by atoms with Gasteiger partial charge in [-0.3, -0.25) is 5.41 Å². The summed E-state index contributed by atoms with van der Waals surface area (Å²) in [6.45, 7) is 6.21. The van der Waals surface area contributed by atoms with Crippen molar-refractivity contribution < 1.29 is 0 Å². The zero-order chi connectivity index (χ0) is 22.8. The molecule has 0 fully saturated rings. The van der Waals surface area contributed by atoms with Crippen LogP contribution in [0.3, 0.4) is 0 Å². The Morgan fingerprint density at radius 3 is 2.18 bits per heavy atom. The Bertz CT molecular complexity index is 1600. The van der Waals surface area contributed by atoms with Gasteiger partial charge in [0.25, 0.3) is 0 Å². The van der Waals surface area contributed by atoms with Crippen molar-refractivity contribution in [3.8, 4) is 22.4 Å². The molecule has 1 N–H and O–H groups in total. The van der Waals surface area contributed by atoms with E-state index < -0.39 is 0 Å². The van der Waals surface area contributed by atoms with Crippen molar-refractivity contribution >= 4 is 29.1 Å². The van der Waals surface area contributed by atoms with Gasteiger partial charge in [0.05, 0.1) is 17.1 Å². The highest BCUT2D eigenvalue weighted by molar-refractivity contribution is 6.18. The minimum Gasteiger partial charge on any atom is -0.299 e. The van der Waals surface area contributed by atoms with E-state index in [9.17, 15) is 0 Å². The van der Waals surface area contributed by atoms with Gasteiger partial charge in [0, 0.05) is 5.56 Å². The van der Waals surface area contributed by atoms with E-state index in [1.165, 1.54) is 10.8 Å². The van der Waals surface area contributed by atoms with Gasteiger partial charge in [0.15, 0.2) is 0 Å². The minimum atomic E-state index is 0.364. The quantitative estimate of drug-likeness (QED) is 0.346. The van der Waals surface area contributed by atoms with Crippen molar-refractivity contribution in [2.24, 2.45) is 0 Å². The smallest absolute Gasteiger partial charge is 0.0892 e. The third-order valence-electron chi connectivity index (χ3n) is 5.93. The summed E-state index contributed by atoms with van der Waals surface area (Å²) >= 11 is 0. The van der Waals surface area contributed by atoms with Crippen molar-refractivity contribution in [3.63, 3.8) is 0 Å². The fourth-order valence-electron chi connectivity index (χ4n) is 4.14. The molecule has 2 heteroatoms. The van der Waals surface area contributed by atoms with E-state index in [0.29, 0.717) is 11.4 Å². The molecule has 5 rings (SSSR count). The third-order valence-corrected chi connectivity index (χ3v) is 5.93. The number of hydrogen-bond donors (Lipinski definition) is 1. The molecule has 1 heterocycles. The van der Waals surface area contributed by atoms with Crippen LogP contribution in [0.15, 0.2) is 103 Å². The minimum absolute atomic E-state index is 0.364. The molecule has 4 aromatic carbocycles. The third kappa shape index (κ3) is 4.24. The van der Waals surface area contributed by atoms with Crippen LogP contribution in [0.25, 0.3) is 45.8 Å². The molecular formula is C31H24N2. The fourth-order valence-corrected chi connectivity index (χ4v) is 4.14. The van der Waals surface area contributed by atoms with Crippen LogP contribution in [0, 0.1) is 12.3 Å². The average molecular weight is 425 g/mol. The number of aryl methyl sites for hydroxylation is 1. The molecule has 0 radical (unpaired) electrons. The SMILES string of the molecule is C=c1cccc/c1=C/C(=N)c1cc(-c2ccccc2)cc(-c2cc3ccccc3cc2C)n1. The summed E-state index contributed by atoms with van der Waals surface area (Å²) in [5.74, 6) is 0. The van der Waals surface area contributed by atoms with Crippen LogP contribution in [-0.2, 0) is 0 Å². The molecule has 0 aliphatic heterocycles. The molecule has 0 amide bonds. The van der Waals surface area contributed by atoms with Crippen LogP contribution in [0.4, 0.5) is 0 Å². The van der Waals surface area contributed by atoms with Gasteiger partial charge in [-0.2, -0.15) is 0 Å². The second-order valence-corrected chi connectivity index (χ2v) is 8.26. The molecule has 0 atom stereocenters. The highest BCUT2D eigenvalue weighted by Gasteiger charge is 2.12. The number of benzene rings is 4. The summed E-state index contributed by atoms with van der Waals surface area (Å²) in [4.78, 5) is 4.95. The lowest BCUT2D eigenvalue weighted by atomic mass is 9.96. The van der Waals surface area contributed by atoms with E-state index in [2.05, 4.69) is 68.1 Å². The monoisotopic (exact) mass is 424 g/mol. The molecular weight excluding hydrogens is 400 g/mol. The lowest BCUT2D eigenvalue weighted by Gasteiger charge is -2.12. The average Bonchev–Trinajstić information content (AvgIpc) is 2.85. The van der Waals surface area contributed by atoms with Crippen molar-refractivity contribution in [3.05, 3.63) is 125 Å². The number of pyridine rings is 1. The van der Waals surface area contributed by atoms with Crippen molar-refractivity contribution in [2.75, 3.05) is 0 Å². The molecule has 0 unspecified atom stereocenters. The first-order chi connectivity index (χ1) is 16.1. The summed E-state index contributed by atoms with van der Waals surface area (Å²) in [5, 5.41) is 13.0. The van der Waals surface area contributed by atoms with Crippen LogP contribution in [-0.4, -0.2) is 10.7 Å². The standard InChI is InChI=1S/C31H24N2/c1-21-10-6-7-13-24(21)18-29(32)31-20-27(23-11-4-3-5-12-23)19-30(33-31)28-17-26-15-9-8-14-25(26)16-22(28)2/h3-20,32H,1H2,2H3/b24-18-,32-29?. The van der Waals surface area contributed by atoms with Gasteiger partial charge in [-0.15, -0.1) is 0 Å². The lowest BCUT2D eigenvalue weighted by molar-refractivity contribution is 1.27. The van der Waals surface area contributed by atoms with Gasteiger partial charge in [-0.25, -0.2) is 4.98 Å². The maximum absolute atomic E-state index is 8.82. The Morgan fingerprint density at radius 1 is 0.758 bits per heavy atom. The number of nitrogens with one attached hydrogen (secondary N) is 1. The molecule has 1 aromatic heterocycles. The predicted octanol–water partition coefficient (Wildman–Crippen LogP) is 6.14. The number of hydrogen-bond acceptors (Lipinski definition) is 2. The van der Waals surface area contributed by atoms with E-state index in [-0.39, 0.29) is 0 Å². The van der Waals surface area contributed by atoms with Gasteiger partial charge < -0.3 is 0 Å². The summed E-state index contributed by atoms with van der Waals surface area (Å²) in [6, 6.07) is 35.0. The topological polar surface area (TPSA) is 36.7 Å². The Hall–Kier alpha value is -4.30. The Balaban J connectivity index is 1.71. The van der Waals surface area contributed by atoms with Gasteiger partial charge in [0.2, 0.25) is 0 Å². The molecule has 33 heavy (non-hydrogen) atoms. The first-order valence-electron chi connectivity index (χ1n) is 11.0. The molecule has 0 bridgehead atoms. The van der Waals surface area contributed by atoms with E-state index in [4.69, 9.17) is 10.4 Å². The first kappa shape index (κ1) is 20.6. The number of rotatable bonds is 4. The Kier molecular flexibility index (Phi) is 5.42. The molecule has 5 aromatic rings. The molecule has 158 valence electrons. The zero-order valence-corrected chi connectivity index (χ0v) is 18.5. The molecule has 0 aliphatic carbocycles. The summed E-state index contributed by atoms with van der Waals surface area (Å²) in [6.07, 6.45) is 1.84. The Labute approximate surface area is 193 Å². The van der Waals surface area contributed by atoms with Crippen molar-refractivity contribution in [2.45, 2.75) is 6.92 Å². The lowest BCUT2D eigenvalue weighted by Crippen LogP contribution is -2.23. The molecule has 0 spiro atoms. The van der Waals surface area contributed by atoms with Gasteiger partial charge in [-0.05, 0) is 69.1 Å². The summed E-state index contributed by atoms with van der Waals surface area (Å²) < 4.78 is 0. The maximum atomic E-state index is 8.82. The molecule has 0 aliphatic rings. The maximum Gasteiger partial charge on any atom is 0.0892 e. The zero-order valence-electron chi connectivity index (χ0n) is 18.5. The van der Waals surface area contributed by atoms with E-state index >= 15 is 0 Å². The predicted molar refractivity (Wildman–Crippen MR) is 140 cm³/mol. The number of fused-ring (bicyclic) bond motifs is 1. The second kappa shape index (κ2) is 8.68. The van der Waals surface area contributed by atoms with Crippen LogP contribution < -0.4 is 10.4 Å².